The Hall–Kier alpha value is -2.83. The Kier molecular flexibility index (Phi) is 7.36. The van der Waals surface area contributed by atoms with Crippen molar-refractivity contribution < 1.29 is 18.7 Å². The summed E-state index contributed by atoms with van der Waals surface area (Å²) in [6, 6.07) is 6.89. The van der Waals surface area contributed by atoms with Gasteiger partial charge in [0, 0.05) is 49.6 Å². The molecule has 2 amide bonds. The molecule has 2 fully saturated rings. The monoisotopic (exact) mass is 454 g/mol. The van der Waals surface area contributed by atoms with Crippen LogP contribution in [0.25, 0.3) is 11.0 Å². The normalized spacial score (nSPS) is 19.6. The molecule has 0 N–H and O–H groups in total. The Balaban J connectivity index is 1.30. The van der Waals surface area contributed by atoms with E-state index in [0.717, 1.165) is 43.3 Å². The van der Waals surface area contributed by atoms with Crippen molar-refractivity contribution in [2.24, 2.45) is 11.8 Å². The van der Waals surface area contributed by atoms with Crippen LogP contribution in [0, 0.1) is 11.8 Å². The second-order valence-corrected chi connectivity index (χ2v) is 9.47. The highest BCUT2D eigenvalue weighted by Crippen LogP contribution is 2.25. The van der Waals surface area contributed by atoms with E-state index in [1.165, 1.54) is 12.5 Å². The minimum absolute atomic E-state index is 0.0148. The van der Waals surface area contributed by atoms with E-state index in [4.69, 9.17) is 9.15 Å². The van der Waals surface area contributed by atoms with Crippen LogP contribution in [-0.4, -0.2) is 54.4 Å². The molecule has 2 saturated heterocycles. The van der Waals surface area contributed by atoms with E-state index in [1.54, 1.807) is 17.0 Å². The Bertz CT molecular complexity index is 1050. The number of carbonyl (C=O) groups excluding carboxylic acids is 2. The van der Waals surface area contributed by atoms with E-state index in [-0.39, 0.29) is 30.0 Å². The van der Waals surface area contributed by atoms with Gasteiger partial charge in [0.1, 0.15) is 11.3 Å². The molecular formula is C26H34N2O5. The SMILES string of the molecule is CCCc1cc(=O)oc2cc(OCC(=O)N3CCC(C(=O)N4CCCC(C)C4)CC3)ccc12. The van der Waals surface area contributed by atoms with Crippen LogP contribution >= 0.6 is 0 Å². The van der Waals surface area contributed by atoms with Crippen molar-refractivity contribution in [1.29, 1.82) is 0 Å². The lowest BCUT2D eigenvalue weighted by Gasteiger charge is -2.37. The van der Waals surface area contributed by atoms with Crippen LogP contribution < -0.4 is 10.4 Å². The standard InChI is InChI=1S/C26H34N2O5/c1-3-5-20-14-25(30)33-23-15-21(7-8-22(20)23)32-17-24(29)27-12-9-19(10-13-27)26(31)28-11-4-6-18(2)16-28/h7-8,14-15,18-19H,3-6,9-13,16-17H2,1-2H3. The van der Waals surface area contributed by atoms with Gasteiger partial charge < -0.3 is 19.0 Å². The Morgan fingerprint density at radius 1 is 1.09 bits per heavy atom. The summed E-state index contributed by atoms with van der Waals surface area (Å²) in [6.45, 7) is 7.07. The van der Waals surface area contributed by atoms with Crippen molar-refractivity contribution in [2.45, 2.75) is 52.4 Å². The molecule has 3 heterocycles. The third kappa shape index (κ3) is 5.57. The van der Waals surface area contributed by atoms with Gasteiger partial charge in [-0.1, -0.05) is 20.3 Å². The number of aryl methyl sites for hydroxylation is 1. The summed E-state index contributed by atoms with van der Waals surface area (Å²) in [5.74, 6) is 1.25. The summed E-state index contributed by atoms with van der Waals surface area (Å²) >= 11 is 0. The lowest BCUT2D eigenvalue weighted by atomic mass is 9.93. The van der Waals surface area contributed by atoms with Crippen LogP contribution in [-0.2, 0) is 16.0 Å². The van der Waals surface area contributed by atoms with Gasteiger partial charge in [0.05, 0.1) is 0 Å². The van der Waals surface area contributed by atoms with Gasteiger partial charge in [-0.2, -0.15) is 0 Å². The lowest BCUT2D eigenvalue weighted by Crippen LogP contribution is -2.47. The van der Waals surface area contributed by atoms with E-state index < -0.39 is 0 Å². The Morgan fingerprint density at radius 3 is 2.61 bits per heavy atom. The van der Waals surface area contributed by atoms with E-state index in [1.807, 2.05) is 11.0 Å². The molecule has 178 valence electrons. The van der Waals surface area contributed by atoms with Gasteiger partial charge in [0.15, 0.2) is 6.61 Å². The number of piperidine rings is 2. The number of hydrogen-bond donors (Lipinski definition) is 0. The molecule has 1 aromatic carbocycles. The van der Waals surface area contributed by atoms with Crippen LogP contribution in [0.4, 0.5) is 0 Å². The van der Waals surface area contributed by atoms with Crippen LogP contribution in [0.2, 0.25) is 0 Å². The second kappa shape index (κ2) is 10.4. The maximum absolute atomic E-state index is 12.8. The van der Waals surface area contributed by atoms with Gasteiger partial charge in [0.25, 0.3) is 5.91 Å². The van der Waals surface area contributed by atoms with Crippen LogP contribution in [0.15, 0.2) is 33.5 Å². The highest BCUT2D eigenvalue weighted by atomic mass is 16.5. The molecule has 7 nitrogen and oxygen atoms in total. The van der Waals surface area contributed by atoms with E-state index in [2.05, 4.69) is 13.8 Å². The first-order valence-corrected chi connectivity index (χ1v) is 12.2. The van der Waals surface area contributed by atoms with E-state index in [9.17, 15) is 14.4 Å². The Labute approximate surface area is 194 Å². The van der Waals surface area contributed by atoms with E-state index >= 15 is 0 Å². The largest absolute Gasteiger partial charge is 0.484 e. The maximum atomic E-state index is 12.8. The minimum atomic E-state index is -0.379. The topological polar surface area (TPSA) is 80.1 Å². The average molecular weight is 455 g/mol. The minimum Gasteiger partial charge on any atom is -0.484 e. The molecule has 0 aliphatic carbocycles. The van der Waals surface area contributed by atoms with Gasteiger partial charge in [-0.05, 0) is 55.7 Å². The second-order valence-electron chi connectivity index (χ2n) is 9.47. The maximum Gasteiger partial charge on any atom is 0.336 e. The van der Waals surface area contributed by atoms with Gasteiger partial charge in [-0.3, -0.25) is 9.59 Å². The predicted octanol–water partition coefficient (Wildman–Crippen LogP) is 3.62. The van der Waals surface area contributed by atoms with Gasteiger partial charge >= 0.3 is 5.63 Å². The smallest absolute Gasteiger partial charge is 0.336 e. The van der Waals surface area contributed by atoms with E-state index in [0.29, 0.717) is 43.2 Å². The lowest BCUT2D eigenvalue weighted by molar-refractivity contribution is -0.142. The molecule has 4 rings (SSSR count). The predicted molar refractivity (Wildman–Crippen MR) is 126 cm³/mol. The number of carbonyl (C=O) groups is 2. The van der Waals surface area contributed by atoms with Gasteiger partial charge in [-0.25, -0.2) is 4.79 Å². The number of hydrogen-bond acceptors (Lipinski definition) is 5. The van der Waals surface area contributed by atoms with Crippen molar-refractivity contribution in [3.05, 3.63) is 40.2 Å². The van der Waals surface area contributed by atoms with Crippen molar-refractivity contribution >= 4 is 22.8 Å². The number of benzene rings is 1. The summed E-state index contributed by atoms with van der Waals surface area (Å²) in [5, 5.41) is 0.893. The highest BCUT2D eigenvalue weighted by molar-refractivity contribution is 5.82. The molecule has 1 aromatic heterocycles. The summed E-state index contributed by atoms with van der Waals surface area (Å²) in [4.78, 5) is 41.2. The molecule has 1 atom stereocenters. The number of nitrogens with zero attached hydrogens (tertiary/aromatic N) is 2. The van der Waals surface area contributed by atoms with Gasteiger partial charge in [-0.15, -0.1) is 0 Å². The van der Waals surface area contributed by atoms with Crippen molar-refractivity contribution in [3.8, 4) is 5.75 Å². The molecule has 33 heavy (non-hydrogen) atoms. The molecule has 1 unspecified atom stereocenters. The fourth-order valence-electron chi connectivity index (χ4n) is 5.04. The van der Waals surface area contributed by atoms with Crippen LogP contribution in [0.3, 0.4) is 0 Å². The van der Waals surface area contributed by atoms with Crippen LogP contribution in [0.1, 0.15) is 51.5 Å². The molecule has 2 aromatic rings. The van der Waals surface area contributed by atoms with Crippen molar-refractivity contribution in [3.63, 3.8) is 0 Å². The first-order valence-electron chi connectivity index (χ1n) is 12.2. The zero-order chi connectivity index (χ0) is 23.4. The molecule has 0 radical (unpaired) electrons. The highest BCUT2D eigenvalue weighted by Gasteiger charge is 2.31. The number of ether oxygens (including phenoxy) is 1. The third-order valence-electron chi connectivity index (χ3n) is 6.85. The summed E-state index contributed by atoms with van der Waals surface area (Å²) in [7, 11) is 0. The Morgan fingerprint density at radius 2 is 1.88 bits per heavy atom. The first kappa shape index (κ1) is 23.3. The average Bonchev–Trinajstić information content (AvgIpc) is 2.82. The number of fused-ring (bicyclic) bond motifs is 1. The third-order valence-corrected chi connectivity index (χ3v) is 6.85. The summed E-state index contributed by atoms with van der Waals surface area (Å²) in [6.07, 6.45) is 5.42. The number of likely N-dealkylation sites (tertiary alicyclic amines) is 2. The molecular weight excluding hydrogens is 420 g/mol. The fraction of sp³-hybridized carbons (Fsp3) is 0.577. The molecule has 7 heteroatoms. The quantitative estimate of drug-likeness (QED) is 0.623. The number of rotatable bonds is 6. The molecule has 0 saturated carbocycles. The van der Waals surface area contributed by atoms with Gasteiger partial charge in [0.2, 0.25) is 5.91 Å². The first-order chi connectivity index (χ1) is 15.9. The zero-order valence-electron chi connectivity index (χ0n) is 19.7. The van der Waals surface area contributed by atoms with Crippen LogP contribution in [0.5, 0.6) is 5.75 Å². The fourth-order valence-corrected chi connectivity index (χ4v) is 5.04. The number of amides is 2. The summed E-state index contributed by atoms with van der Waals surface area (Å²) < 4.78 is 11.1. The zero-order valence-corrected chi connectivity index (χ0v) is 19.7. The summed E-state index contributed by atoms with van der Waals surface area (Å²) in [5.41, 5.74) is 1.06. The van der Waals surface area contributed by atoms with Crippen molar-refractivity contribution in [1.82, 2.24) is 9.80 Å². The van der Waals surface area contributed by atoms with Crippen molar-refractivity contribution in [2.75, 3.05) is 32.8 Å². The molecule has 0 spiro atoms. The molecule has 0 bridgehead atoms. The molecule has 2 aliphatic heterocycles. The molecule has 2 aliphatic rings.